The molecule has 134 valence electrons. The first-order valence-corrected chi connectivity index (χ1v) is 9.12. The van der Waals surface area contributed by atoms with Crippen molar-refractivity contribution in [2.75, 3.05) is 31.7 Å². The van der Waals surface area contributed by atoms with E-state index in [1.807, 2.05) is 23.1 Å². The number of benzene rings is 1. The van der Waals surface area contributed by atoms with Crippen molar-refractivity contribution in [3.8, 4) is 5.75 Å². The quantitative estimate of drug-likeness (QED) is 0.857. The van der Waals surface area contributed by atoms with Crippen molar-refractivity contribution >= 4 is 17.5 Å². The lowest BCUT2D eigenvalue weighted by Crippen LogP contribution is -2.40. The molecule has 1 saturated heterocycles. The molecule has 0 bridgehead atoms. The predicted octanol–water partition coefficient (Wildman–Crippen LogP) is 1.98. The number of carbonyl (C=O) groups excluding carboxylic acids is 2. The molecule has 2 aliphatic heterocycles. The van der Waals surface area contributed by atoms with Crippen LogP contribution in [0.2, 0.25) is 0 Å². The molecule has 1 aliphatic carbocycles. The van der Waals surface area contributed by atoms with Gasteiger partial charge < -0.3 is 19.7 Å². The van der Waals surface area contributed by atoms with Crippen LogP contribution in [0.1, 0.15) is 31.2 Å². The molecule has 4 rings (SSSR count). The van der Waals surface area contributed by atoms with E-state index in [1.165, 1.54) is 0 Å². The first-order chi connectivity index (χ1) is 12.2. The molecule has 1 aromatic rings. The standard InChI is InChI=1S/C19H24N2O4/c22-18-6-1-14-9-16(4-5-17(14)20-18)25-12-19(23)21(15-2-3-15)10-13-7-8-24-11-13/h4-5,9,13,15H,1-3,6-8,10-12H2,(H,20,22)/t13-/m0/s1. The minimum Gasteiger partial charge on any atom is -0.484 e. The summed E-state index contributed by atoms with van der Waals surface area (Å²) in [4.78, 5) is 26.0. The first-order valence-electron chi connectivity index (χ1n) is 9.12. The SMILES string of the molecule is O=C1CCc2cc(OCC(=O)N(C[C@@H]3CCOC3)C3CC3)ccc2N1. The largest absolute Gasteiger partial charge is 0.484 e. The van der Waals surface area contributed by atoms with Crippen molar-refractivity contribution < 1.29 is 19.1 Å². The number of aryl methyl sites for hydroxylation is 1. The normalized spacial score (nSPS) is 22.2. The topological polar surface area (TPSA) is 67.9 Å². The Morgan fingerprint density at radius 1 is 1.28 bits per heavy atom. The molecule has 1 atom stereocenters. The van der Waals surface area contributed by atoms with Crippen LogP contribution >= 0.6 is 0 Å². The molecule has 2 heterocycles. The minimum absolute atomic E-state index is 0.0484. The first kappa shape index (κ1) is 16.4. The lowest BCUT2D eigenvalue weighted by atomic mass is 10.0. The average Bonchev–Trinajstić information content (AvgIpc) is 3.33. The number of ether oxygens (including phenoxy) is 2. The fourth-order valence-corrected chi connectivity index (χ4v) is 3.52. The summed E-state index contributed by atoms with van der Waals surface area (Å²) in [7, 11) is 0. The van der Waals surface area contributed by atoms with Gasteiger partial charge >= 0.3 is 0 Å². The van der Waals surface area contributed by atoms with E-state index in [2.05, 4.69) is 5.32 Å². The van der Waals surface area contributed by atoms with Gasteiger partial charge in [-0.25, -0.2) is 0 Å². The average molecular weight is 344 g/mol. The molecule has 0 aromatic heterocycles. The van der Waals surface area contributed by atoms with Crippen molar-refractivity contribution in [3.05, 3.63) is 23.8 Å². The van der Waals surface area contributed by atoms with Crippen LogP contribution in [0.5, 0.6) is 5.75 Å². The summed E-state index contributed by atoms with van der Waals surface area (Å²) < 4.78 is 11.2. The Hall–Kier alpha value is -2.08. The molecular weight excluding hydrogens is 320 g/mol. The maximum atomic E-state index is 12.6. The molecule has 0 radical (unpaired) electrons. The van der Waals surface area contributed by atoms with Crippen LogP contribution in [-0.2, 0) is 20.7 Å². The second-order valence-electron chi connectivity index (χ2n) is 7.16. The summed E-state index contributed by atoms with van der Waals surface area (Å²) >= 11 is 0. The number of nitrogens with zero attached hydrogens (tertiary/aromatic N) is 1. The van der Waals surface area contributed by atoms with Crippen molar-refractivity contribution in [1.29, 1.82) is 0 Å². The van der Waals surface area contributed by atoms with Gasteiger partial charge in [-0.05, 0) is 49.4 Å². The molecule has 6 heteroatoms. The van der Waals surface area contributed by atoms with Gasteiger partial charge in [0.05, 0.1) is 6.61 Å². The maximum absolute atomic E-state index is 12.6. The molecule has 2 amide bonds. The van der Waals surface area contributed by atoms with E-state index in [0.29, 0.717) is 30.6 Å². The lowest BCUT2D eigenvalue weighted by Gasteiger charge is -2.25. The Labute approximate surface area is 147 Å². The van der Waals surface area contributed by atoms with E-state index < -0.39 is 0 Å². The zero-order valence-electron chi connectivity index (χ0n) is 14.3. The molecule has 25 heavy (non-hydrogen) atoms. The monoisotopic (exact) mass is 344 g/mol. The van der Waals surface area contributed by atoms with E-state index >= 15 is 0 Å². The van der Waals surface area contributed by atoms with Crippen LogP contribution in [-0.4, -0.2) is 49.1 Å². The number of fused-ring (bicyclic) bond motifs is 1. The Morgan fingerprint density at radius 2 is 2.16 bits per heavy atom. The Bertz CT molecular complexity index is 665. The van der Waals surface area contributed by atoms with Gasteiger partial charge in [0.1, 0.15) is 5.75 Å². The smallest absolute Gasteiger partial charge is 0.260 e. The van der Waals surface area contributed by atoms with Crippen molar-refractivity contribution in [2.45, 2.75) is 38.1 Å². The van der Waals surface area contributed by atoms with Crippen LogP contribution in [0.25, 0.3) is 0 Å². The molecule has 1 aromatic carbocycles. The van der Waals surface area contributed by atoms with Gasteiger partial charge in [-0.15, -0.1) is 0 Å². The number of nitrogens with one attached hydrogen (secondary N) is 1. The highest BCUT2D eigenvalue weighted by atomic mass is 16.5. The molecular formula is C19H24N2O4. The van der Waals surface area contributed by atoms with E-state index in [4.69, 9.17) is 9.47 Å². The minimum atomic E-state index is 0.0484. The van der Waals surface area contributed by atoms with Gasteiger partial charge in [-0.1, -0.05) is 0 Å². The van der Waals surface area contributed by atoms with E-state index in [-0.39, 0.29) is 18.4 Å². The summed E-state index contributed by atoms with van der Waals surface area (Å²) in [5.74, 6) is 1.24. The van der Waals surface area contributed by atoms with E-state index in [1.54, 1.807) is 0 Å². The molecule has 2 fully saturated rings. The third-order valence-electron chi connectivity index (χ3n) is 5.12. The fourth-order valence-electron chi connectivity index (χ4n) is 3.52. The second kappa shape index (κ2) is 7.04. The number of hydrogen-bond acceptors (Lipinski definition) is 4. The predicted molar refractivity (Wildman–Crippen MR) is 92.5 cm³/mol. The number of amides is 2. The molecule has 1 N–H and O–H groups in total. The summed E-state index contributed by atoms with van der Waals surface area (Å²) in [6, 6.07) is 5.97. The summed E-state index contributed by atoms with van der Waals surface area (Å²) in [5, 5.41) is 2.85. The molecule has 1 saturated carbocycles. The third kappa shape index (κ3) is 3.95. The zero-order valence-corrected chi connectivity index (χ0v) is 14.3. The van der Waals surface area contributed by atoms with Crippen molar-refractivity contribution in [2.24, 2.45) is 5.92 Å². The Kier molecular flexibility index (Phi) is 4.61. The number of hydrogen-bond donors (Lipinski definition) is 1. The number of anilines is 1. The van der Waals surface area contributed by atoms with E-state index in [9.17, 15) is 9.59 Å². The highest BCUT2D eigenvalue weighted by Gasteiger charge is 2.34. The molecule has 3 aliphatic rings. The summed E-state index contributed by atoms with van der Waals surface area (Å²) in [6.07, 6.45) is 4.43. The molecule has 0 spiro atoms. The zero-order chi connectivity index (χ0) is 17.2. The highest BCUT2D eigenvalue weighted by Crippen LogP contribution is 2.30. The summed E-state index contributed by atoms with van der Waals surface area (Å²) in [5.41, 5.74) is 1.91. The Balaban J connectivity index is 1.35. The van der Waals surface area contributed by atoms with Gasteiger partial charge in [0.2, 0.25) is 5.91 Å². The van der Waals surface area contributed by atoms with Crippen LogP contribution in [0, 0.1) is 5.92 Å². The summed E-state index contributed by atoms with van der Waals surface area (Å²) in [6.45, 7) is 2.41. The highest BCUT2D eigenvalue weighted by molar-refractivity contribution is 5.94. The van der Waals surface area contributed by atoms with Gasteiger partial charge in [-0.3, -0.25) is 9.59 Å². The second-order valence-corrected chi connectivity index (χ2v) is 7.16. The van der Waals surface area contributed by atoms with Gasteiger partial charge in [0, 0.05) is 37.2 Å². The third-order valence-corrected chi connectivity index (χ3v) is 5.12. The van der Waals surface area contributed by atoms with Crippen molar-refractivity contribution in [3.63, 3.8) is 0 Å². The fraction of sp³-hybridized carbons (Fsp3) is 0.579. The molecule has 6 nitrogen and oxygen atoms in total. The van der Waals surface area contributed by atoms with Crippen LogP contribution in [0.3, 0.4) is 0 Å². The van der Waals surface area contributed by atoms with Gasteiger partial charge in [-0.2, -0.15) is 0 Å². The lowest BCUT2D eigenvalue weighted by molar-refractivity contribution is -0.134. The number of rotatable bonds is 6. The van der Waals surface area contributed by atoms with Gasteiger partial charge in [0.15, 0.2) is 6.61 Å². The Morgan fingerprint density at radius 3 is 2.92 bits per heavy atom. The van der Waals surface area contributed by atoms with Crippen LogP contribution < -0.4 is 10.1 Å². The molecule has 0 unspecified atom stereocenters. The van der Waals surface area contributed by atoms with Gasteiger partial charge in [0.25, 0.3) is 5.91 Å². The van der Waals surface area contributed by atoms with Crippen LogP contribution in [0.4, 0.5) is 5.69 Å². The number of carbonyl (C=O) groups is 2. The van der Waals surface area contributed by atoms with Crippen LogP contribution in [0.15, 0.2) is 18.2 Å². The maximum Gasteiger partial charge on any atom is 0.260 e. The van der Waals surface area contributed by atoms with E-state index in [0.717, 1.165) is 50.3 Å². The van der Waals surface area contributed by atoms with Crippen molar-refractivity contribution in [1.82, 2.24) is 4.90 Å².